The quantitative estimate of drug-likeness (QED) is 0.151. The van der Waals surface area contributed by atoms with Crippen LogP contribution in [0.1, 0.15) is 25.0 Å². The normalized spacial score (nSPS) is 12.9. The molecule has 436 valence electrons. The van der Waals surface area contributed by atoms with Crippen LogP contribution in [-0.2, 0) is 5.41 Å². The standard InChI is InChI=1S/C87H54N2O4/c1-87(2)72-28-11-10-25-64(72)65-39-38-62(50-73(65)87)88(75-30-14-26-68-81-77(90-83(68)75)42-40-66-70-46-55-19-6-7-20-56(55)48-79(70)92-85(66)81)61-23-12-22-54(45-61)57-32-33-58-47-71-67-41-43-78-82(86(67)93-80(71)49-59(58)44-57)69-27-15-31-76(84(69)91-78)89(74-29-13-21-53-18-8-9-24-63(53)74)60-36-34-52(35-37-60)51-16-4-3-5-17-51/h3-50H,1-2H3. The Morgan fingerprint density at radius 2 is 0.742 bits per heavy atom. The average molecular weight is 1190 g/mol. The van der Waals surface area contributed by atoms with Crippen LogP contribution in [0, 0.1) is 0 Å². The molecule has 4 heterocycles. The Morgan fingerprint density at radius 1 is 0.247 bits per heavy atom. The van der Waals surface area contributed by atoms with E-state index in [1.165, 1.54) is 33.2 Å². The lowest BCUT2D eigenvalue weighted by atomic mass is 9.82. The van der Waals surface area contributed by atoms with E-state index in [1.54, 1.807) is 0 Å². The van der Waals surface area contributed by atoms with E-state index in [9.17, 15) is 0 Å². The monoisotopic (exact) mass is 1190 g/mol. The third-order valence-corrected chi connectivity index (χ3v) is 20.0. The van der Waals surface area contributed by atoms with Crippen LogP contribution in [0.3, 0.4) is 0 Å². The average Bonchev–Trinajstić information content (AvgIpc) is 1.60. The van der Waals surface area contributed by atoms with Crippen LogP contribution in [0.4, 0.5) is 34.1 Å². The van der Waals surface area contributed by atoms with Crippen molar-refractivity contribution < 1.29 is 17.7 Å². The van der Waals surface area contributed by atoms with Crippen LogP contribution in [0.2, 0.25) is 0 Å². The molecular weight excluding hydrogens is 1140 g/mol. The Hall–Kier alpha value is -12.1. The molecule has 1 aliphatic rings. The minimum absolute atomic E-state index is 0.214. The molecule has 0 amide bonds. The van der Waals surface area contributed by atoms with Crippen molar-refractivity contribution in [3.8, 4) is 33.4 Å². The van der Waals surface area contributed by atoms with Crippen LogP contribution in [0.15, 0.2) is 309 Å². The molecule has 6 heteroatoms. The molecule has 6 nitrogen and oxygen atoms in total. The van der Waals surface area contributed by atoms with Crippen molar-refractivity contribution in [3.63, 3.8) is 0 Å². The van der Waals surface area contributed by atoms with Gasteiger partial charge in [0.2, 0.25) is 0 Å². The predicted molar refractivity (Wildman–Crippen MR) is 386 cm³/mol. The minimum atomic E-state index is -0.214. The first kappa shape index (κ1) is 51.7. The van der Waals surface area contributed by atoms with Crippen molar-refractivity contribution in [2.45, 2.75) is 19.3 Å². The molecule has 0 radical (unpaired) electrons. The summed E-state index contributed by atoms with van der Waals surface area (Å²) in [6.07, 6.45) is 0. The summed E-state index contributed by atoms with van der Waals surface area (Å²) in [4.78, 5) is 4.71. The van der Waals surface area contributed by atoms with Crippen molar-refractivity contribution >= 4 is 154 Å². The zero-order chi connectivity index (χ0) is 61.2. The first-order valence-corrected chi connectivity index (χ1v) is 31.8. The topological polar surface area (TPSA) is 59.0 Å². The number of para-hydroxylation sites is 2. The number of fused-ring (bicyclic) bond motifs is 20. The molecule has 0 bridgehead atoms. The molecule has 1 aliphatic carbocycles. The predicted octanol–water partition coefficient (Wildman–Crippen LogP) is 25.3. The lowest BCUT2D eigenvalue weighted by molar-refractivity contribution is 0.660. The summed E-state index contributed by atoms with van der Waals surface area (Å²) in [7, 11) is 0. The number of rotatable bonds is 8. The Kier molecular flexibility index (Phi) is 10.8. The van der Waals surface area contributed by atoms with Crippen LogP contribution in [-0.4, -0.2) is 0 Å². The second kappa shape index (κ2) is 19.4. The molecule has 0 N–H and O–H groups in total. The fourth-order valence-electron chi connectivity index (χ4n) is 15.5. The molecule has 0 saturated carbocycles. The van der Waals surface area contributed by atoms with Gasteiger partial charge in [-0.3, -0.25) is 0 Å². The Labute approximate surface area is 533 Å². The van der Waals surface area contributed by atoms with Gasteiger partial charge in [0.05, 0.1) is 27.8 Å². The summed E-state index contributed by atoms with van der Waals surface area (Å²) in [6.45, 7) is 4.69. The van der Waals surface area contributed by atoms with Gasteiger partial charge in [-0.2, -0.15) is 0 Å². The Balaban J connectivity index is 0.714. The fourth-order valence-corrected chi connectivity index (χ4v) is 15.5. The van der Waals surface area contributed by atoms with Crippen LogP contribution in [0.5, 0.6) is 0 Å². The fraction of sp³-hybridized carbons (Fsp3) is 0.0345. The molecule has 0 saturated heterocycles. The highest BCUT2D eigenvalue weighted by Crippen LogP contribution is 2.53. The number of hydrogen-bond acceptors (Lipinski definition) is 6. The van der Waals surface area contributed by atoms with E-state index in [0.717, 1.165) is 165 Å². The molecule has 19 aromatic rings. The number of nitrogens with zero attached hydrogens (tertiary/aromatic N) is 2. The van der Waals surface area contributed by atoms with Gasteiger partial charge in [0.1, 0.15) is 33.5 Å². The molecule has 0 unspecified atom stereocenters. The van der Waals surface area contributed by atoms with Gasteiger partial charge in [-0.1, -0.05) is 196 Å². The largest absolute Gasteiger partial charge is 0.455 e. The number of benzene rings is 15. The van der Waals surface area contributed by atoms with Crippen molar-refractivity contribution in [3.05, 3.63) is 302 Å². The van der Waals surface area contributed by atoms with Gasteiger partial charge >= 0.3 is 0 Å². The van der Waals surface area contributed by atoms with E-state index in [2.05, 4.69) is 315 Å². The lowest BCUT2D eigenvalue weighted by Crippen LogP contribution is -2.16. The molecule has 93 heavy (non-hydrogen) atoms. The first-order valence-electron chi connectivity index (χ1n) is 31.8. The van der Waals surface area contributed by atoms with Crippen molar-refractivity contribution in [1.29, 1.82) is 0 Å². The van der Waals surface area contributed by atoms with Crippen LogP contribution in [0.25, 0.3) is 153 Å². The maximum atomic E-state index is 7.10. The molecule has 0 atom stereocenters. The van der Waals surface area contributed by atoms with E-state index in [4.69, 9.17) is 17.7 Å². The molecule has 4 aromatic heterocycles. The smallest absolute Gasteiger partial charge is 0.159 e. The highest BCUT2D eigenvalue weighted by atomic mass is 16.4. The molecule has 15 aromatic carbocycles. The van der Waals surface area contributed by atoms with E-state index in [-0.39, 0.29) is 5.41 Å². The summed E-state index contributed by atoms with van der Waals surface area (Å²) >= 11 is 0. The lowest BCUT2D eigenvalue weighted by Gasteiger charge is -2.28. The van der Waals surface area contributed by atoms with Crippen molar-refractivity contribution in [2.75, 3.05) is 9.80 Å². The highest BCUT2D eigenvalue weighted by Gasteiger charge is 2.36. The minimum Gasteiger partial charge on any atom is -0.455 e. The zero-order valence-corrected chi connectivity index (χ0v) is 50.7. The molecule has 0 fully saturated rings. The summed E-state index contributed by atoms with van der Waals surface area (Å²) in [5.74, 6) is 0. The molecule has 0 aliphatic heterocycles. The Bertz CT molecular complexity index is 6350. The van der Waals surface area contributed by atoms with E-state index in [1.807, 2.05) is 0 Å². The van der Waals surface area contributed by atoms with Gasteiger partial charge in [0.15, 0.2) is 11.2 Å². The Morgan fingerprint density at radius 3 is 1.47 bits per heavy atom. The third-order valence-electron chi connectivity index (χ3n) is 20.0. The zero-order valence-electron chi connectivity index (χ0n) is 50.7. The van der Waals surface area contributed by atoms with Gasteiger partial charge in [0, 0.05) is 60.2 Å². The molecule has 0 spiro atoms. The van der Waals surface area contributed by atoms with Crippen LogP contribution >= 0.6 is 0 Å². The summed E-state index contributed by atoms with van der Waals surface area (Å²) in [6, 6.07) is 105. The number of anilines is 6. The van der Waals surface area contributed by atoms with Gasteiger partial charge in [-0.05, 0) is 181 Å². The maximum absolute atomic E-state index is 7.10. The van der Waals surface area contributed by atoms with Gasteiger partial charge in [-0.25, -0.2) is 0 Å². The van der Waals surface area contributed by atoms with Crippen molar-refractivity contribution in [1.82, 2.24) is 0 Å². The van der Waals surface area contributed by atoms with Crippen LogP contribution < -0.4 is 9.80 Å². The molecule has 20 rings (SSSR count). The first-order chi connectivity index (χ1) is 45.8. The van der Waals surface area contributed by atoms with Gasteiger partial charge in [0.25, 0.3) is 0 Å². The van der Waals surface area contributed by atoms with E-state index in [0.29, 0.717) is 0 Å². The number of hydrogen-bond donors (Lipinski definition) is 0. The molecular formula is C87H54N2O4. The maximum Gasteiger partial charge on any atom is 0.159 e. The van der Waals surface area contributed by atoms with E-state index >= 15 is 0 Å². The second-order valence-corrected chi connectivity index (χ2v) is 25.5. The highest BCUT2D eigenvalue weighted by molar-refractivity contribution is 6.26. The van der Waals surface area contributed by atoms with Gasteiger partial charge in [-0.15, -0.1) is 0 Å². The summed E-state index contributed by atoms with van der Waals surface area (Å²) < 4.78 is 28.1. The number of furan rings is 4. The third kappa shape index (κ3) is 7.70. The second-order valence-electron chi connectivity index (χ2n) is 25.5. The summed E-state index contributed by atoms with van der Waals surface area (Å²) in [5, 5.41) is 15.0. The summed E-state index contributed by atoms with van der Waals surface area (Å²) in [5.41, 5.74) is 21.9. The van der Waals surface area contributed by atoms with E-state index < -0.39 is 0 Å². The van der Waals surface area contributed by atoms with Crippen molar-refractivity contribution in [2.24, 2.45) is 0 Å². The van der Waals surface area contributed by atoms with Gasteiger partial charge < -0.3 is 27.5 Å². The SMILES string of the molecule is CC1(C)c2ccccc2-c2ccc(N(c3cccc(-c4ccc5cc6c(cc5c4)oc4c6ccc5oc6c(N(c7ccc(-c8ccccc8)cc7)c7cccc8ccccc78)cccc6c54)c3)c3cccc4c3oc3ccc5c6cc7ccccc7cc6oc5c34)cc21.